The van der Waals surface area contributed by atoms with Crippen molar-refractivity contribution in [2.24, 2.45) is 0 Å². The van der Waals surface area contributed by atoms with Crippen LogP contribution in [0.3, 0.4) is 0 Å². The third-order valence-corrected chi connectivity index (χ3v) is 2.94. The molecule has 19 heavy (non-hydrogen) atoms. The number of rotatable bonds is 11. The molecule has 0 bridgehead atoms. The summed E-state index contributed by atoms with van der Waals surface area (Å²) in [6, 6.07) is 0. The highest BCUT2D eigenvalue weighted by Gasteiger charge is 2.04. The molecule has 0 spiro atoms. The number of ether oxygens (including phenoxy) is 2. The Morgan fingerprint density at radius 3 is 2.37 bits per heavy atom. The molecule has 112 valence electrons. The van der Waals surface area contributed by atoms with E-state index in [1.54, 1.807) is 0 Å². The van der Waals surface area contributed by atoms with Crippen molar-refractivity contribution in [3.8, 4) is 0 Å². The quantitative estimate of drug-likeness (QED) is 0.289. The molecule has 0 radical (unpaired) electrons. The molecule has 0 aliphatic heterocycles. The molecule has 0 aliphatic carbocycles. The number of hydrogen-bond donors (Lipinski definition) is 0. The van der Waals surface area contributed by atoms with Crippen LogP contribution < -0.4 is 0 Å². The van der Waals surface area contributed by atoms with Crippen molar-refractivity contribution in [3.05, 3.63) is 23.3 Å². The topological polar surface area (TPSA) is 18.5 Å². The maximum Gasteiger partial charge on any atom is 0.157 e. The van der Waals surface area contributed by atoms with E-state index in [0.717, 1.165) is 32.3 Å². The van der Waals surface area contributed by atoms with Gasteiger partial charge in [-0.1, -0.05) is 43.6 Å². The van der Waals surface area contributed by atoms with E-state index in [4.69, 9.17) is 9.47 Å². The molecule has 0 N–H and O–H groups in total. The van der Waals surface area contributed by atoms with Gasteiger partial charge in [-0.2, -0.15) is 0 Å². The number of allylic oxidation sites excluding steroid dienone is 3. The molecule has 0 heterocycles. The molecule has 0 saturated heterocycles. The van der Waals surface area contributed by atoms with Gasteiger partial charge in [0, 0.05) is 6.61 Å². The van der Waals surface area contributed by atoms with E-state index in [-0.39, 0.29) is 6.29 Å². The van der Waals surface area contributed by atoms with E-state index >= 15 is 0 Å². The van der Waals surface area contributed by atoms with E-state index < -0.39 is 0 Å². The van der Waals surface area contributed by atoms with Crippen LogP contribution in [0.2, 0.25) is 0 Å². The van der Waals surface area contributed by atoms with Gasteiger partial charge in [0.15, 0.2) is 6.29 Å². The van der Waals surface area contributed by atoms with Crippen molar-refractivity contribution in [1.29, 1.82) is 0 Å². The summed E-state index contributed by atoms with van der Waals surface area (Å²) < 4.78 is 11.4. The largest absolute Gasteiger partial charge is 0.353 e. The van der Waals surface area contributed by atoms with Crippen LogP contribution in [0.4, 0.5) is 0 Å². The lowest BCUT2D eigenvalue weighted by atomic mass is 10.1. The highest BCUT2D eigenvalue weighted by Crippen LogP contribution is 2.08. The van der Waals surface area contributed by atoms with Crippen LogP contribution in [-0.4, -0.2) is 19.5 Å². The number of hydrogen-bond acceptors (Lipinski definition) is 2. The smallest absolute Gasteiger partial charge is 0.157 e. The summed E-state index contributed by atoms with van der Waals surface area (Å²) in [6.45, 7) is 12.2. The van der Waals surface area contributed by atoms with E-state index in [9.17, 15) is 0 Å². The molecule has 0 aliphatic rings. The Kier molecular flexibility index (Phi) is 12.0. The molecule has 2 nitrogen and oxygen atoms in total. The SMILES string of the molecule is CCCCOC(CC)OCC=C(C)CCC=C(C)C. The first-order valence-electron chi connectivity index (χ1n) is 7.62. The predicted molar refractivity (Wildman–Crippen MR) is 83.3 cm³/mol. The zero-order chi connectivity index (χ0) is 14.5. The van der Waals surface area contributed by atoms with Crippen molar-refractivity contribution in [2.75, 3.05) is 13.2 Å². The van der Waals surface area contributed by atoms with Gasteiger partial charge in [-0.25, -0.2) is 0 Å². The van der Waals surface area contributed by atoms with Gasteiger partial charge in [-0.3, -0.25) is 0 Å². The van der Waals surface area contributed by atoms with Gasteiger partial charge < -0.3 is 9.47 Å². The molecule has 0 aromatic rings. The molecule has 0 amide bonds. The third-order valence-electron chi connectivity index (χ3n) is 2.94. The predicted octanol–water partition coefficient (Wildman–Crippen LogP) is 5.25. The van der Waals surface area contributed by atoms with Gasteiger partial charge in [-0.05, 0) is 46.5 Å². The summed E-state index contributed by atoms with van der Waals surface area (Å²) in [6.07, 6.45) is 9.82. The van der Waals surface area contributed by atoms with E-state index in [1.165, 1.54) is 17.6 Å². The van der Waals surface area contributed by atoms with Crippen molar-refractivity contribution in [2.45, 2.75) is 73.0 Å². The summed E-state index contributed by atoms with van der Waals surface area (Å²) in [7, 11) is 0. The van der Waals surface area contributed by atoms with Gasteiger partial charge in [0.1, 0.15) is 0 Å². The first-order valence-corrected chi connectivity index (χ1v) is 7.62. The minimum atomic E-state index is -0.0478. The highest BCUT2D eigenvalue weighted by molar-refractivity contribution is 5.02. The highest BCUT2D eigenvalue weighted by atomic mass is 16.7. The van der Waals surface area contributed by atoms with Crippen LogP contribution in [0, 0.1) is 0 Å². The second kappa shape index (κ2) is 12.4. The summed E-state index contributed by atoms with van der Waals surface area (Å²) >= 11 is 0. The molecule has 0 rings (SSSR count). The molecule has 1 atom stereocenters. The zero-order valence-corrected chi connectivity index (χ0v) is 13.5. The molecule has 0 aromatic carbocycles. The van der Waals surface area contributed by atoms with Crippen LogP contribution in [0.15, 0.2) is 23.3 Å². The van der Waals surface area contributed by atoms with Crippen LogP contribution in [0.5, 0.6) is 0 Å². The lowest BCUT2D eigenvalue weighted by molar-refractivity contribution is -0.136. The summed E-state index contributed by atoms with van der Waals surface area (Å²) in [5.74, 6) is 0. The fourth-order valence-electron chi connectivity index (χ4n) is 1.63. The fraction of sp³-hybridized carbons (Fsp3) is 0.765. The third kappa shape index (κ3) is 12.2. The van der Waals surface area contributed by atoms with Gasteiger partial charge >= 0.3 is 0 Å². The van der Waals surface area contributed by atoms with Gasteiger partial charge in [0.2, 0.25) is 0 Å². The van der Waals surface area contributed by atoms with Crippen molar-refractivity contribution >= 4 is 0 Å². The molecule has 1 unspecified atom stereocenters. The van der Waals surface area contributed by atoms with Crippen LogP contribution in [-0.2, 0) is 9.47 Å². The minimum absolute atomic E-state index is 0.0478. The van der Waals surface area contributed by atoms with Crippen LogP contribution >= 0.6 is 0 Å². The van der Waals surface area contributed by atoms with E-state index in [1.807, 2.05) is 0 Å². The Hall–Kier alpha value is -0.600. The number of unbranched alkanes of at least 4 members (excludes halogenated alkanes) is 1. The molecule has 0 fully saturated rings. The fourth-order valence-corrected chi connectivity index (χ4v) is 1.63. The Morgan fingerprint density at radius 2 is 1.79 bits per heavy atom. The van der Waals surface area contributed by atoms with E-state index in [2.05, 4.69) is 46.8 Å². The Bertz CT molecular complexity index is 262. The molecule has 0 saturated carbocycles. The Morgan fingerprint density at radius 1 is 1.05 bits per heavy atom. The standard InChI is InChI=1S/C17H32O2/c1-6-8-13-18-17(7-2)19-14-12-16(5)11-9-10-15(3)4/h10,12,17H,6-9,11,13-14H2,1-5H3. The second-order valence-corrected chi connectivity index (χ2v) is 5.27. The van der Waals surface area contributed by atoms with Crippen molar-refractivity contribution in [3.63, 3.8) is 0 Å². The summed E-state index contributed by atoms with van der Waals surface area (Å²) in [5.41, 5.74) is 2.78. The van der Waals surface area contributed by atoms with Gasteiger partial charge in [0.05, 0.1) is 6.61 Å². The maximum atomic E-state index is 5.72. The van der Waals surface area contributed by atoms with Gasteiger partial charge in [0.25, 0.3) is 0 Å². The van der Waals surface area contributed by atoms with Crippen LogP contribution in [0.1, 0.15) is 66.7 Å². The average molecular weight is 268 g/mol. The lowest BCUT2D eigenvalue weighted by Crippen LogP contribution is -2.17. The first kappa shape index (κ1) is 18.4. The van der Waals surface area contributed by atoms with E-state index in [0.29, 0.717) is 6.61 Å². The summed E-state index contributed by atoms with van der Waals surface area (Å²) in [5, 5.41) is 0. The Balaban J connectivity index is 3.79. The summed E-state index contributed by atoms with van der Waals surface area (Å²) in [4.78, 5) is 0. The molecule has 2 heteroatoms. The monoisotopic (exact) mass is 268 g/mol. The lowest BCUT2D eigenvalue weighted by Gasteiger charge is -2.15. The van der Waals surface area contributed by atoms with Crippen molar-refractivity contribution < 1.29 is 9.47 Å². The van der Waals surface area contributed by atoms with Gasteiger partial charge in [-0.15, -0.1) is 0 Å². The normalized spacial score (nSPS) is 13.4. The maximum absolute atomic E-state index is 5.72. The van der Waals surface area contributed by atoms with Crippen molar-refractivity contribution in [1.82, 2.24) is 0 Å². The van der Waals surface area contributed by atoms with Crippen LogP contribution in [0.25, 0.3) is 0 Å². The molecule has 0 aromatic heterocycles. The second-order valence-electron chi connectivity index (χ2n) is 5.27. The molecular formula is C17H32O2. The first-order chi connectivity index (χ1) is 9.10. The zero-order valence-electron chi connectivity index (χ0n) is 13.5. The minimum Gasteiger partial charge on any atom is -0.353 e. The molecular weight excluding hydrogens is 236 g/mol. The average Bonchev–Trinajstić information content (AvgIpc) is 2.36. The Labute approximate surface area is 119 Å².